The summed E-state index contributed by atoms with van der Waals surface area (Å²) in [4.78, 5) is 12.1. The van der Waals surface area contributed by atoms with Gasteiger partial charge in [0.1, 0.15) is 6.04 Å². The van der Waals surface area contributed by atoms with Gasteiger partial charge in [-0.05, 0) is 43.0 Å². The van der Waals surface area contributed by atoms with Crippen LogP contribution in [0.1, 0.15) is 35.1 Å². The van der Waals surface area contributed by atoms with Gasteiger partial charge in [0.05, 0.1) is 5.54 Å². The fraction of sp³-hybridized carbons (Fsp3) is 0.240. The zero-order valence-electron chi connectivity index (χ0n) is 16.7. The molecule has 0 unspecified atom stereocenters. The van der Waals surface area contributed by atoms with Gasteiger partial charge < -0.3 is 10.8 Å². The molecule has 0 heterocycles. The van der Waals surface area contributed by atoms with Crippen LogP contribution in [0.25, 0.3) is 0 Å². The molecule has 3 aromatic carbocycles. The quantitative estimate of drug-likeness (QED) is 0.483. The Hall–Kier alpha value is -2.95. The van der Waals surface area contributed by atoms with Gasteiger partial charge in [-0.3, -0.25) is 10.1 Å². The van der Waals surface area contributed by atoms with Crippen LogP contribution in [0.4, 0.5) is 0 Å². The molecule has 0 aliphatic carbocycles. The van der Waals surface area contributed by atoms with Crippen molar-refractivity contribution in [2.45, 2.75) is 31.3 Å². The van der Waals surface area contributed by atoms with E-state index in [4.69, 9.17) is 5.73 Å². The minimum atomic E-state index is -0.873. The van der Waals surface area contributed by atoms with Crippen LogP contribution in [-0.4, -0.2) is 23.7 Å². The van der Waals surface area contributed by atoms with Crippen molar-refractivity contribution in [2.75, 3.05) is 6.54 Å². The van der Waals surface area contributed by atoms with Crippen molar-refractivity contribution in [3.05, 3.63) is 107 Å². The van der Waals surface area contributed by atoms with Gasteiger partial charge in [-0.1, -0.05) is 90.5 Å². The Kier molecular flexibility index (Phi) is 6.81. The van der Waals surface area contributed by atoms with E-state index in [0.29, 0.717) is 19.4 Å². The van der Waals surface area contributed by atoms with Gasteiger partial charge >= 0.3 is 5.97 Å². The Balaban J connectivity index is 2.24. The first kappa shape index (κ1) is 20.8. The minimum Gasteiger partial charge on any atom is -0.480 e. The first-order chi connectivity index (χ1) is 14.1. The second-order valence-corrected chi connectivity index (χ2v) is 7.31. The number of hydrogen-bond acceptors (Lipinski definition) is 3. The molecule has 4 N–H and O–H groups in total. The largest absolute Gasteiger partial charge is 0.480 e. The third-order valence-electron chi connectivity index (χ3n) is 5.28. The van der Waals surface area contributed by atoms with Gasteiger partial charge in [-0.2, -0.15) is 0 Å². The molecule has 0 aliphatic rings. The predicted molar refractivity (Wildman–Crippen MR) is 117 cm³/mol. The summed E-state index contributed by atoms with van der Waals surface area (Å²) in [6.45, 7) is 2.50. The lowest BCUT2D eigenvalue weighted by Gasteiger charge is -2.39. The number of hydrogen-bond donors (Lipinski definition) is 3. The van der Waals surface area contributed by atoms with Crippen LogP contribution in [0.2, 0.25) is 0 Å². The number of carboxylic acid groups (broad SMARTS) is 1. The summed E-state index contributed by atoms with van der Waals surface area (Å²) in [6, 6.07) is 27.6. The Morgan fingerprint density at radius 1 is 0.897 bits per heavy atom. The number of carbonyl (C=O) groups is 1. The van der Waals surface area contributed by atoms with Crippen LogP contribution in [0.5, 0.6) is 0 Å². The number of nitrogens with one attached hydrogen (secondary N) is 1. The molecule has 0 saturated carbocycles. The molecular formula is C25H28N2O2. The molecule has 3 aromatic rings. The average Bonchev–Trinajstić information content (AvgIpc) is 2.76. The molecule has 0 aliphatic heterocycles. The van der Waals surface area contributed by atoms with Gasteiger partial charge in [0.25, 0.3) is 0 Å². The second-order valence-electron chi connectivity index (χ2n) is 7.31. The molecule has 0 aromatic heterocycles. The van der Waals surface area contributed by atoms with Crippen molar-refractivity contribution in [3.63, 3.8) is 0 Å². The zero-order valence-corrected chi connectivity index (χ0v) is 16.7. The van der Waals surface area contributed by atoms with E-state index in [1.165, 1.54) is 0 Å². The molecule has 3 rings (SSSR count). The summed E-state index contributed by atoms with van der Waals surface area (Å²) in [6.07, 6.45) is 1.09. The van der Waals surface area contributed by atoms with Crippen LogP contribution in [0.3, 0.4) is 0 Å². The molecule has 4 heteroatoms. The zero-order chi connectivity index (χ0) is 20.7. The molecular weight excluding hydrogens is 360 g/mol. The van der Waals surface area contributed by atoms with E-state index in [1.54, 1.807) is 0 Å². The number of aryl methyl sites for hydroxylation is 1. The standard InChI is InChI=1S/C25H28N2O2/c1-19-14-16-22(17-15-19)25(20-9-4-2-5-10-20,21-11-6-3-7-12-21)27-23(24(28)29)13-8-18-26/h2-7,9-12,14-17,23,27H,8,13,18,26H2,1H3,(H,28,29)/t23-/m0/s1. The maximum atomic E-state index is 12.1. The van der Waals surface area contributed by atoms with E-state index in [0.717, 1.165) is 22.3 Å². The third kappa shape index (κ3) is 4.56. The Morgan fingerprint density at radius 3 is 1.83 bits per heavy atom. The summed E-state index contributed by atoms with van der Waals surface area (Å²) >= 11 is 0. The summed E-state index contributed by atoms with van der Waals surface area (Å²) in [5.74, 6) is -0.873. The van der Waals surface area contributed by atoms with Gasteiger partial charge in [-0.25, -0.2) is 0 Å². The van der Waals surface area contributed by atoms with Crippen LogP contribution < -0.4 is 11.1 Å². The van der Waals surface area contributed by atoms with Crippen molar-refractivity contribution in [3.8, 4) is 0 Å². The lowest BCUT2D eigenvalue weighted by Crippen LogP contribution is -2.52. The maximum Gasteiger partial charge on any atom is 0.320 e. The highest BCUT2D eigenvalue weighted by molar-refractivity contribution is 5.74. The molecule has 150 valence electrons. The Labute approximate surface area is 172 Å². The molecule has 1 atom stereocenters. The van der Waals surface area contributed by atoms with Crippen LogP contribution in [0, 0.1) is 6.92 Å². The molecule has 0 bridgehead atoms. The number of aliphatic carboxylic acids is 1. The fourth-order valence-corrected chi connectivity index (χ4v) is 3.77. The molecule has 29 heavy (non-hydrogen) atoms. The Bertz CT molecular complexity index is 869. The lowest BCUT2D eigenvalue weighted by molar-refractivity contribution is -0.140. The molecule has 0 saturated heterocycles. The van der Waals surface area contributed by atoms with E-state index in [1.807, 2.05) is 67.6 Å². The van der Waals surface area contributed by atoms with Crippen molar-refractivity contribution in [1.82, 2.24) is 5.32 Å². The van der Waals surface area contributed by atoms with Gasteiger partial charge in [0.15, 0.2) is 0 Å². The molecule has 0 fully saturated rings. The van der Waals surface area contributed by atoms with Gasteiger partial charge in [0.2, 0.25) is 0 Å². The number of benzene rings is 3. The SMILES string of the molecule is Cc1ccc(C(N[C@@H](CCCN)C(=O)O)(c2ccccc2)c2ccccc2)cc1. The normalized spacial score (nSPS) is 12.5. The third-order valence-corrected chi connectivity index (χ3v) is 5.28. The van der Waals surface area contributed by atoms with Crippen LogP contribution >= 0.6 is 0 Å². The number of nitrogens with two attached hydrogens (primary N) is 1. The first-order valence-electron chi connectivity index (χ1n) is 9.96. The van der Waals surface area contributed by atoms with Crippen molar-refractivity contribution < 1.29 is 9.90 Å². The van der Waals surface area contributed by atoms with Crippen LogP contribution in [-0.2, 0) is 10.3 Å². The van der Waals surface area contributed by atoms with Crippen LogP contribution in [0.15, 0.2) is 84.9 Å². The smallest absolute Gasteiger partial charge is 0.320 e. The van der Waals surface area contributed by atoms with Crippen molar-refractivity contribution in [1.29, 1.82) is 0 Å². The topological polar surface area (TPSA) is 75.3 Å². The summed E-state index contributed by atoms with van der Waals surface area (Å²) in [5, 5.41) is 13.5. The summed E-state index contributed by atoms with van der Waals surface area (Å²) in [7, 11) is 0. The first-order valence-corrected chi connectivity index (χ1v) is 9.96. The minimum absolute atomic E-state index is 0.457. The van der Waals surface area contributed by atoms with Crippen molar-refractivity contribution >= 4 is 5.97 Å². The molecule has 0 radical (unpaired) electrons. The van der Waals surface area contributed by atoms with E-state index in [9.17, 15) is 9.90 Å². The Morgan fingerprint density at radius 2 is 1.38 bits per heavy atom. The van der Waals surface area contributed by atoms with Gasteiger partial charge in [-0.15, -0.1) is 0 Å². The highest BCUT2D eigenvalue weighted by Crippen LogP contribution is 2.37. The summed E-state index contributed by atoms with van der Waals surface area (Å²) in [5.41, 5.74) is 9.02. The lowest BCUT2D eigenvalue weighted by atomic mass is 9.76. The number of carboxylic acids is 1. The van der Waals surface area contributed by atoms with E-state index in [2.05, 4.69) is 29.6 Å². The van der Waals surface area contributed by atoms with E-state index < -0.39 is 17.6 Å². The monoisotopic (exact) mass is 388 g/mol. The maximum absolute atomic E-state index is 12.1. The molecule has 0 amide bonds. The highest BCUT2D eigenvalue weighted by atomic mass is 16.4. The predicted octanol–water partition coefficient (Wildman–Crippen LogP) is 4.07. The average molecular weight is 389 g/mol. The molecule has 4 nitrogen and oxygen atoms in total. The van der Waals surface area contributed by atoms with Gasteiger partial charge in [0, 0.05) is 0 Å². The van der Waals surface area contributed by atoms with E-state index >= 15 is 0 Å². The summed E-state index contributed by atoms with van der Waals surface area (Å²) < 4.78 is 0. The highest BCUT2D eigenvalue weighted by Gasteiger charge is 2.39. The fourth-order valence-electron chi connectivity index (χ4n) is 3.77. The second kappa shape index (κ2) is 9.50. The molecule has 0 spiro atoms. The van der Waals surface area contributed by atoms with E-state index in [-0.39, 0.29) is 0 Å². The van der Waals surface area contributed by atoms with Crippen molar-refractivity contribution in [2.24, 2.45) is 5.73 Å². The number of rotatable bonds is 9.